The Morgan fingerprint density at radius 2 is 2.03 bits per heavy atom. The predicted molar refractivity (Wildman–Crippen MR) is 112 cm³/mol. The van der Waals surface area contributed by atoms with Gasteiger partial charge in [-0.25, -0.2) is 4.98 Å². The molecule has 0 unspecified atom stereocenters. The fourth-order valence-corrected chi connectivity index (χ4v) is 2.98. The van der Waals surface area contributed by atoms with Gasteiger partial charge in [0.25, 0.3) is 5.97 Å². The zero-order valence-corrected chi connectivity index (χ0v) is 15.8. The molecule has 2 aromatic carbocycles. The van der Waals surface area contributed by atoms with Gasteiger partial charge < -0.3 is 21.3 Å². The van der Waals surface area contributed by atoms with Crippen LogP contribution in [0.5, 0.6) is 0 Å². The summed E-state index contributed by atoms with van der Waals surface area (Å²) in [4.78, 5) is 21.5. The molecule has 8 nitrogen and oxygen atoms in total. The molecule has 1 aliphatic heterocycles. The van der Waals surface area contributed by atoms with E-state index in [-0.39, 0.29) is 12.6 Å². The molecule has 0 spiro atoms. The highest BCUT2D eigenvalue weighted by molar-refractivity contribution is 5.91. The number of anilines is 3. The number of aromatic nitrogens is 2. The van der Waals surface area contributed by atoms with Gasteiger partial charge in [-0.15, -0.1) is 0 Å². The number of nitrogens with two attached hydrogens (primary N) is 1. The molecule has 0 atom stereocenters. The number of nitrogen functional groups attached to an aromatic ring is 1. The van der Waals surface area contributed by atoms with E-state index < -0.39 is 5.97 Å². The first-order valence-electron chi connectivity index (χ1n) is 8.88. The molecular formula is C21H21N5O3. The largest absolute Gasteiger partial charge is 0.481 e. The highest BCUT2D eigenvalue weighted by atomic mass is 16.4. The van der Waals surface area contributed by atoms with E-state index >= 15 is 0 Å². The molecule has 5 N–H and O–H groups in total. The number of nitrogens with one attached hydrogen (secondary N) is 1. The quantitative estimate of drug-likeness (QED) is 0.537. The minimum absolute atomic E-state index is 0.0185. The molecule has 4 rings (SSSR count). The summed E-state index contributed by atoms with van der Waals surface area (Å²) in [5, 5.41) is 20.1. The van der Waals surface area contributed by atoms with E-state index in [1.807, 2.05) is 36.5 Å². The van der Waals surface area contributed by atoms with Crippen molar-refractivity contribution in [2.24, 2.45) is 4.99 Å². The molecule has 0 saturated carbocycles. The Morgan fingerprint density at radius 1 is 1.24 bits per heavy atom. The van der Waals surface area contributed by atoms with E-state index in [1.165, 1.54) is 5.56 Å². The van der Waals surface area contributed by atoms with Gasteiger partial charge in [0, 0.05) is 30.6 Å². The third kappa shape index (κ3) is 5.14. The maximum atomic E-state index is 9.41. The lowest BCUT2D eigenvalue weighted by Crippen LogP contribution is -2.00. The predicted octanol–water partition coefficient (Wildman–Crippen LogP) is 2.99. The first-order valence-corrected chi connectivity index (χ1v) is 8.88. The molecule has 8 heteroatoms. The van der Waals surface area contributed by atoms with Gasteiger partial charge in [-0.1, -0.05) is 18.2 Å². The lowest BCUT2D eigenvalue weighted by molar-refractivity contribution is -0.134. The molecule has 148 valence electrons. The van der Waals surface area contributed by atoms with Crippen LogP contribution in [0.2, 0.25) is 0 Å². The second-order valence-corrected chi connectivity index (χ2v) is 6.36. The van der Waals surface area contributed by atoms with Crippen molar-refractivity contribution in [1.82, 2.24) is 9.97 Å². The molecule has 0 aliphatic carbocycles. The van der Waals surface area contributed by atoms with Gasteiger partial charge >= 0.3 is 0 Å². The van der Waals surface area contributed by atoms with Crippen LogP contribution in [0.15, 0.2) is 53.7 Å². The number of aliphatic hydroxyl groups is 1. The molecule has 3 aromatic rings. The van der Waals surface area contributed by atoms with Crippen LogP contribution >= 0.6 is 0 Å². The van der Waals surface area contributed by atoms with Crippen LogP contribution in [0.4, 0.5) is 17.5 Å². The lowest BCUT2D eigenvalue weighted by Gasteiger charge is -2.13. The number of aliphatic hydroxyl groups excluding tert-OH is 1. The number of hydrogen-bond acceptors (Lipinski definition) is 7. The van der Waals surface area contributed by atoms with Crippen molar-refractivity contribution < 1.29 is 15.0 Å². The first kappa shape index (κ1) is 20.0. The number of rotatable bonds is 4. The number of hydrogen-bond donors (Lipinski definition) is 4. The van der Waals surface area contributed by atoms with Gasteiger partial charge in [-0.3, -0.25) is 9.79 Å². The maximum absolute atomic E-state index is 9.41. The number of aliphatic imine (C=N–C) groups is 1. The van der Waals surface area contributed by atoms with Crippen molar-refractivity contribution >= 4 is 29.6 Å². The van der Waals surface area contributed by atoms with Crippen LogP contribution in [0.25, 0.3) is 11.1 Å². The van der Waals surface area contributed by atoms with Crippen LogP contribution in [0, 0.1) is 0 Å². The maximum Gasteiger partial charge on any atom is 0.300 e. The van der Waals surface area contributed by atoms with E-state index in [0.29, 0.717) is 12.4 Å². The van der Waals surface area contributed by atoms with Gasteiger partial charge in [0.2, 0.25) is 5.95 Å². The summed E-state index contributed by atoms with van der Waals surface area (Å²) in [5.41, 5.74) is 11.8. The summed E-state index contributed by atoms with van der Waals surface area (Å²) in [6, 6.07) is 13.8. The molecule has 0 bridgehead atoms. The molecule has 0 saturated heterocycles. The zero-order valence-electron chi connectivity index (χ0n) is 15.8. The van der Waals surface area contributed by atoms with Crippen molar-refractivity contribution in [3.63, 3.8) is 0 Å². The van der Waals surface area contributed by atoms with Crippen LogP contribution in [0.1, 0.15) is 23.6 Å². The molecule has 1 aliphatic rings. The third-order valence-corrected chi connectivity index (χ3v) is 4.13. The number of carboxylic acid groups (broad SMARTS) is 1. The minimum Gasteiger partial charge on any atom is -0.481 e. The van der Waals surface area contributed by atoms with Crippen molar-refractivity contribution in [1.29, 1.82) is 0 Å². The Hall–Kier alpha value is -3.78. The molecule has 0 amide bonds. The van der Waals surface area contributed by atoms with Gasteiger partial charge in [0.1, 0.15) is 5.82 Å². The highest BCUT2D eigenvalue weighted by Crippen LogP contribution is 2.33. The first-order chi connectivity index (χ1) is 14.0. The van der Waals surface area contributed by atoms with Gasteiger partial charge in [-0.05, 0) is 46.5 Å². The number of nitrogens with zero attached hydrogens (tertiary/aromatic N) is 3. The second kappa shape index (κ2) is 8.94. The van der Waals surface area contributed by atoms with Crippen molar-refractivity contribution in [2.45, 2.75) is 20.1 Å². The Bertz CT molecular complexity index is 1060. The number of carboxylic acids is 1. The Morgan fingerprint density at radius 3 is 2.76 bits per heavy atom. The summed E-state index contributed by atoms with van der Waals surface area (Å²) in [6.07, 6.45) is 3.50. The lowest BCUT2D eigenvalue weighted by atomic mass is 9.95. The summed E-state index contributed by atoms with van der Waals surface area (Å²) in [6.45, 7) is 1.76. The Balaban J connectivity index is 0.000000552. The van der Waals surface area contributed by atoms with Crippen LogP contribution in [-0.4, -0.2) is 32.4 Å². The minimum atomic E-state index is -0.833. The van der Waals surface area contributed by atoms with E-state index in [9.17, 15) is 5.11 Å². The van der Waals surface area contributed by atoms with E-state index in [2.05, 4.69) is 26.3 Å². The number of benzene rings is 2. The molecule has 0 radical (unpaired) electrons. The molecular weight excluding hydrogens is 370 g/mol. The molecule has 0 fully saturated rings. The topological polar surface area (TPSA) is 134 Å². The van der Waals surface area contributed by atoms with Crippen LogP contribution < -0.4 is 11.1 Å². The standard InChI is InChI=1S/C19H17N5O.C2H4O2/c20-19-22-5-4-18(24-19)23-15-7-14-9-21-10-17(14)16(8-15)13-3-1-2-12(6-13)11-25;1-2(3)4/h1-9,25H,10-11H2,(H3,20,22,23,24);1H3,(H,3,4). The van der Waals surface area contributed by atoms with Crippen molar-refractivity contribution in [2.75, 3.05) is 11.1 Å². The Kier molecular flexibility index (Phi) is 6.16. The van der Waals surface area contributed by atoms with Gasteiger partial charge in [0.05, 0.1) is 13.2 Å². The SMILES string of the molecule is CC(=O)O.Nc1nccc(Nc2cc3c(c(-c4cccc(CO)c4)c2)CN=C3)n1. The average molecular weight is 391 g/mol. The number of carbonyl (C=O) groups is 1. The fourth-order valence-electron chi connectivity index (χ4n) is 2.98. The normalized spacial score (nSPS) is 11.4. The molecule has 2 heterocycles. The number of fused-ring (bicyclic) bond motifs is 1. The Labute approximate surface area is 167 Å². The summed E-state index contributed by atoms with van der Waals surface area (Å²) in [5.74, 6) is 0.0287. The smallest absolute Gasteiger partial charge is 0.300 e. The van der Waals surface area contributed by atoms with Gasteiger partial charge in [0.15, 0.2) is 0 Å². The zero-order chi connectivity index (χ0) is 20.8. The second-order valence-electron chi connectivity index (χ2n) is 6.36. The van der Waals surface area contributed by atoms with Gasteiger partial charge in [-0.2, -0.15) is 4.98 Å². The molecule has 29 heavy (non-hydrogen) atoms. The van der Waals surface area contributed by atoms with E-state index in [1.54, 1.807) is 12.3 Å². The monoisotopic (exact) mass is 391 g/mol. The average Bonchev–Trinajstić information content (AvgIpc) is 3.15. The summed E-state index contributed by atoms with van der Waals surface area (Å²) in [7, 11) is 0. The summed E-state index contributed by atoms with van der Waals surface area (Å²) >= 11 is 0. The highest BCUT2D eigenvalue weighted by Gasteiger charge is 2.15. The third-order valence-electron chi connectivity index (χ3n) is 4.13. The van der Waals surface area contributed by atoms with Crippen LogP contribution in [0.3, 0.4) is 0 Å². The van der Waals surface area contributed by atoms with E-state index in [0.717, 1.165) is 34.9 Å². The summed E-state index contributed by atoms with van der Waals surface area (Å²) < 4.78 is 0. The molecule has 1 aromatic heterocycles. The van der Waals surface area contributed by atoms with Crippen molar-refractivity contribution in [3.8, 4) is 11.1 Å². The van der Waals surface area contributed by atoms with Crippen LogP contribution in [-0.2, 0) is 17.9 Å². The number of aliphatic carboxylic acids is 1. The fraction of sp³-hybridized carbons (Fsp3) is 0.143. The van der Waals surface area contributed by atoms with E-state index in [4.69, 9.17) is 15.6 Å². The van der Waals surface area contributed by atoms with Crippen molar-refractivity contribution in [3.05, 3.63) is 65.4 Å².